The molecule has 0 spiro atoms. The van der Waals surface area contributed by atoms with E-state index >= 15 is 0 Å². The minimum atomic E-state index is -1.01. The Morgan fingerprint density at radius 3 is 2.57 bits per heavy atom. The van der Waals surface area contributed by atoms with Gasteiger partial charge in [0.1, 0.15) is 11.9 Å². The summed E-state index contributed by atoms with van der Waals surface area (Å²) in [5.74, 6) is -1.48. The van der Waals surface area contributed by atoms with Crippen molar-refractivity contribution < 1.29 is 14.3 Å². The van der Waals surface area contributed by atoms with Crippen LogP contribution in [0.15, 0.2) is 48.7 Å². The second-order valence-corrected chi connectivity index (χ2v) is 4.51. The quantitative estimate of drug-likeness (QED) is 0.783. The third kappa shape index (κ3) is 2.03. The fraction of sp³-hybridized carbons (Fsp3) is 0. The molecule has 0 unspecified atom stereocenters. The van der Waals surface area contributed by atoms with Crippen molar-refractivity contribution in [3.8, 4) is 17.3 Å². The van der Waals surface area contributed by atoms with Crippen LogP contribution in [0.3, 0.4) is 0 Å². The number of nitrogens with zero attached hydrogens (tertiary/aromatic N) is 2. The van der Waals surface area contributed by atoms with Gasteiger partial charge in [-0.25, -0.2) is 9.18 Å². The number of carboxylic acid groups (broad SMARTS) is 1. The van der Waals surface area contributed by atoms with E-state index in [4.69, 9.17) is 10.4 Å². The lowest BCUT2D eigenvalue weighted by molar-refractivity contribution is 0.0697. The van der Waals surface area contributed by atoms with Crippen molar-refractivity contribution in [1.82, 2.24) is 4.40 Å². The van der Waals surface area contributed by atoms with Gasteiger partial charge in [0.15, 0.2) is 0 Å². The van der Waals surface area contributed by atoms with E-state index in [9.17, 15) is 9.18 Å². The van der Waals surface area contributed by atoms with Gasteiger partial charge in [-0.15, -0.1) is 0 Å². The van der Waals surface area contributed by atoms with Crippen LogP contribution in [0.4, 0.5) is 4.39 Å². The Kier molecular flexibility index (Phi) is 2.92. The number of fused-ring (bicyclic) bond motifs is 1. The average Bonchev–Trinajstić information content (AvgIpc) is 2.87. The number of pyridine rings is 1. The molecule has 0 aliphatic rings. The summed E-state index contributed by atoms with van der Waals surface area (Å²) >= 11 is 0. The molecule has 0 fully saturated rings. The second-order valence-electron chi connectivity index (χ2n) is 4.51. The molecule has 5 heteroatoms. The zero-order valence-corrected chi connectivity index (χ0v) is 10.7. The molecule has 0 amide bonds. The summed E-state index contributed by atoms with van der Waals surface area (Å²) in [6.07, 6.45) is 1.67. The van der Waals surface area contributed by atoms with E-state index in [0.29, 0.717) is 11.3 Å². The van der Waals surface area contributed by atoms with Gasteiger partial charge in [-0.3, -0.25) is 0 Å². The number of aromatic carboxylic acids is 1. The Hall–Kier alpha value is -3.13. The summed E-state index contributed by atoms with van der Waals surface area (Å²) in [6.45, 7) is 0. The first kappa shape index (κ1) is 12.9. The number of carbonyl (C=O) groups is 1. The third-order valence-corrected chi connectivity index (χ3v) is 3.29. The molecule has 0 bridgehead atoms. The van der Waals surface area contributed by atoms with Crippen LogP contribution in [0.1, 0.15) is 15.9 Å². The topological polar surface area (TPSA) is 65.5 Å². The van der Waals surface area contributed by atoms with Crippen molar-refractivity contribution in [3.05, 3.63) is 65.6 Å². The molecule has 0 aliphatic carbocycles. The molecule has 0 radical (unpaired) electrons. The number of nitriles is 1. The smallest absolute Gasteiger partial charge is 0.335 e. The maximum atomic E-state index is 13.9. The van der Waals surface area contributed by atoms with Crippen molar-refractivity contribution in [2.45, 2.75) is 0 Å². The molecular weight excluding hydrogens is 271 g/mol. The van der Waals surface area contributed by atoms with Crippen LogP contribution >= 0.6 is 0 Å². The molecule has 0 saturated heterocycles. The van der Waals surface area contributed by atoms with E-state index in [1.165, 1.54) is 18.2 Å². The largest absolute Gasteiger partial charge is 0.478 e. The molecule has 3 rings (SSSR count). The van der Waals surface area contributed by atoms with E-state index in [1.54, 1.807) is 34.9 Å². The molecule has 0 saturated carbocycles. The number of carboxylic acids is 1. The van der Waals surface area contributed by atoms with E-state index in [2.05, 4.69) is 0 Å². The van der Waals surface area contributed by atoms with Crippen LogP contribution in [0.2, 0.25) is 0 Å². The van der Waals surface area contributed by atoms with Crippen molar-refractivity contribution in [3.63, 3.8) is 0 Å². The predicted molar refractivity (Wildman–Crippen MR) is 74.5 cm³/mol. The summed E-state index contributed by atoms with van der Waals surface area (Å²) in [6, 6.07) is 12.6. The Morgan fingerprint density at radius 1 is 1.24 bits per heavy atom. The number of hydrogen-bond donors (Lipinski definition) is 1. The number of halogens is 1. The molecule has 21 heavy (non-hydrogen) atoms. The van der Waals surface area contributed by atoms with Crippen molar-refractivity contribution in [2.75, 3.05) is 0 Å². The molecule has 4 nitrogen and oxygen atoms in total. The van der Waals surface area contributed by atoms with Gasteiger partial charge < -0.3 is 9.51 Å². The van der Waals surface area contributed by atoms with Crippen LogP contribution in [0, 0.1) is 17.1 Å². The van der Waals surface area contributed by atoms with Gasteiger partial charge >= 0.3 is 5.97 Å². The molecule has 0 atom stereocenters. The number of benzene rings is 1. The second kappa shape index (κ2) is 4.76. The van der Waals surface area contributed by atoms with E-state index in [-0.39, 0.29) is 16.6 Å². The SMILES string of the molecule is N#Cc1cc(-c2ccc(C(=O)O)cc2)n2cccc(F)c12. The molecule has 0 aliphatic heterocycles. The highest BCUT2D eigenvalue weighted by Gasteiger charge is 2.14. The maximum absolute atomic E-state index is 13.9. The monoisotopic (exact) mass is 280 g/mol. The lowest BCUT2D eigenvalue weighted by Gasteiger charge is -2.04. The summed E-state index contributed by atoms with van der Waals surface area (Å²) in [4.78, 5) is 10.9. The molecule has 1 N–H and O–H groups in total. The van der Waals surface area contributed by atoms with Gasteiger partial charge in [0.05, 0.1) is 22.3 Å². The normalized spacial score (nSPS) is 10.5. The lowest BCUT2D eigenvalue weighted by Crippen LogP contribution is -1.95. The number of aromatic nitrogens is 1. The predicted octanol–water partition coefficient (Wildman–Crippen LogP) is 3.32. The van der Waals surface area contributed by atoms with Crippen LogP contribution in [0.25, 0.3) is 16.8 Å². The Bertz CT molecular complexity index is 889. The van der Waals surface area contributed by atoms with Gasteiger partial charge in [-0.2, -0.15) is 5.26 Å². The fourth-order valence-electron chi connectivity index (χ4n) is 2.31. The highest BCUT2D eigenvalue weighted by Crippen LogP contribution is 2.27. The zero-order valence-electron chi connectivity index (χ0n) is 10.7. The highest BCUT2D eigenvalue weighted by molar-refractivity contribution is 5.88. The first-order chi connectivity index (χ1) is 10.1. The van der Waals surface area contributed by atoms with Gasteiger partial charge in [-0.1, -0.05) is 12.1 Å². The van der Waals surface area contributed by atoms with Gasteiger partial charge in [0, 0.05) is 6.20 Å². The first-order valence-corrected chi connectivity index (χ1v) is 6.15. The minimum absolute atomic E-state index is 0.172. The van der Waals surface area contributed by atoms with Gasteiger partial charge in [-0.05, 0) is 35.9 Å². The van der Waals surface area contributed by atoms with Crippen molar-refractivity contribution in [2.24, 2.45) is 0 Å². The van der Waals surface area contributed by atoms with Crippen LogP contribution in [0.5, 0.6) is 0 Å². The number of rotatable bonds is 2. The third-order valence-electron chi connectivity index (χ3n) is 3.29. The Balaban J connectivity index is 2.24. The molecule has 1 aromatic carbocycles. The van der Waals surface area contributed by atoms with E-state index < -0.39 is 11.8 Å². The van der Waals surface area contributed by atoms with Gasteiger partial charge in [0.2, 0.25) is 0 Å². The fourth-order valence-corrected chi connectivity index (χ4v) is 2.31. The van der Waals surface area contributed by atoms with Crippen molar-refractivity contribution in [1.29, 1.82) is 5.26 Å². The standard InChI is InChI=1S/C16H9FN2O2/c17-13-2-1-7-19-14(8-12(9-18)15(13)19)10-3-5-11(6-4-10)16(20)21/h1-8H,(H,20,21). The van der Waals surface area contributed by atoms with Gasteiger partial charge in [0.25, 0.3) is 0 Å². The first-order valence-electron chi connectivity index (χ1n) is 6.15. The summed E-state index contributed by atoms with van der Waals surface area (Å²) in [5, 5.41) is 18.0. The molecule has 2 heterocycles. The molecule has 102 valence electrons. The maximum Gasteiger partial charge on any atom is 0.335 e. The van der Waals surface area contributed by atoms with Crippen LogP contribution < -0.4 is 0 Å². The molecular formula is C16H9FN2O2. The average molecular weight is 280 g/mol. The Labute approximate surface area is 119 Å². The minimum Gasteiger partial charge on any atom is -0.478 e. The summed E-state index contributed by atoms with van der Waals surface area (Å²) in [5.41, 5.74) is 1.98. The van der Waals surface area contributed by atoms with Crippen LogP contribution in [-0.4, -0.2) is 15.5 Å². The highest BCUT2D eigenvalue weighted by atomic mass is 19.1. The Morgan fingerprint density at radius 2 is 1.95 bits per heavy atom. The van der Waals surface area contributed by atoms with Crippen LogP contribution in [-0.2, 0) is 0 Å². The van der Waals surface area contributed by atoms with E-state index in [0.717, 1.165) is 0 Å². The van der Waals surface area contributed by atoms with Crippen molar-refractivity contribution >= 4 is 11.5 Å². The molecule has 3 aromatic rings. The molecule has 2 aromatic heterocycles. The summed E-state index contributed by atoms with van der Waals surface area (Å²) in [7, 11) is 0. The van der Waals surface area contributed by atoms with E-state index in [1.807, 2.05) is 6.07 Å². The summed E-state index contributed by atoms with van der Waals surface area (Å²) < 4.78 is 15.5. The zero-order chi connectivity index (χ0) is 15.0. The lowest BCUT2D eigenvalue weighted by atomic mass is 10.1. The number of hydrogen-bond acceptors (Lipinski definition) is 2.